The smallest absolute Gasteiger partial charge is 0.336 e. The number of esters is 1. The summed E-state index contributed by atoms with van der Waals surface area (Å²) in [6, 6.07) is 9.72. The number of hydrogen-bond acceptors (Lipinski definition) is 7. The van der Waals surface area contributed by atoms with E-state index in [2.05, 4.69) is 5.32 Å². The SMILES string of the molecule is Cc1cc2oc(=O)cc(COC(=O)CNC(=O)c3ccc4c(c3)OCO4)c2cc1C. The topological polar surface area (TPSA) is 104 Å². The van der Waals surface area contributed by atoms with Crippen LogP contribution in [0.1, 0.15) is 27.0 Å². The molecule has 0 unspecified atom stereocenters. The third-order valence-electron chi connectivity index (χ3n) is 4.86. The quantitative estimate of drug-likeness (QED) is 0.510. The molecule has 0 saturated carbocycles. The molecular formula is C22H19NO7. The van der Waals surface area contributed by atoms with Gasteiger partial charge in [0.25, 0.3) is 5.91 Å². The fourth-order valence-corrected chi connectivity index (χ4v) is 3.10. The fourth-order valence-electron chi connectivity index (χ4n) is 3.10. The molecule has 1 aromatic heterocycles. The monoisotopic (exact) mass is 409 g/mol. The lowest BCUT2D eigenvalue weighted by Crippen LogP contribution is -2.30. The summed E-state index contributed by atoms with van der Waals surface area (Å²) in [5.41, 5.74) is 2.82. The Balaban J connectivity index is 1.39. The van der Waals surface area contributed by atoms with Gasteiger partial charge in [-0.05, 0) is 55.3 Å². The van der Waals surface area contributed by atoms with Gasteiger partial charge < -0.3 is 23.9 Å². The number of fused-ring (bicyclic) bond motifs is 2. The van der Waals surface area contributed by atoms with Gasteiger partial charge in [-0.1, -0.05) is 0 Å². The highest BCUT2D eigenvalue weighted by Gasteiger charge is 2.17. The van der Waals surface area contributed by atoms with Gasteiger partial charge in [0.05, 0.1) is 0 Å². The van der Waals surface area contributed by atoms with Gasteiger partial charge in [0, 0.05) is 22.6 Å². The van der Waals surface area contributed by atoms with Crippen LogP contribution in [0.5, 0.6) is 11.5 Å². The van der Waals surface area contributed by atoms with Crippen LogP contribution in [0.3, 0.4) is 0 Å². The molecule has 0 saturated heterocycles. The fraction of sp³-hybridized carbons (Fsp3) is 0.227. The summed E-state index contributed by atoms with van der Waals surface area (Å²) in [5, 5.41) is 3.20. The summed E-state index contributed by atoms with van der Waals surface area (Å²) in [6.07, 6.45) is 0. The van der Waals surface area contributed by atoms with Crippen LogP contribution in [0.2, 0.25) is 0 Å². The third-order valence-corrected chi connectivity index (χ3v) is 4.86. The minimum Gasteiger partial charge on any atom is -0.459 e. The van der Waals surface area contributed by atoms with Gasteiger partial charge in [0.1, 0.15) is 18.7 Å². The first-order valence-electron chi connectivity index (χ1n) is 9.28. The molecule has 0 aliphatic carbocycles. The summed E-state index contributed by atoms with van der Waals surface area (Å²) in [4.78, 5) is 36.2. The number of benzene rings is 2. The molecule has 1 amide bonds. The maximum Gasteiger partial charge on any atom is 0.336 e. The highest BCUT2D eigenvalue weighted by atomic mass is 16.7. The molecule has 154 valence electrons. The molecule has 0 fully saturated rings. The number of rotatable bonds is 5. The number of ether oxygens (including phenoxy) is 3. The van der Waals surface area contributed by atoms with E-state index in [-0.39, 0.29) is 19.9 Å². The Bertz CT molecular complexity index is 1210. The van der Waals surface area contributed by atoms with Gasteiger partial charge in [-0.25, -0.2) is 4.79 Å². The number of aryl methyl sites for hydroxylation is 2. The lowest BCUT2D eigenvalue weighted by atomic mass is 10.0. The van der Waals surface area contributed by atoms with Gasteiger partial charge in [0.15, 0.2) is 11.5 Å². The molecule has 2 aromatic carbocycles. The van der Waals surface area contributed by atoms with Crippen LogP contribution in [0.4, 0.5) is 0 Å². The zero-order valence-electron chi connectivity index (χ0n) is 16.4. The first kappa shape index (κ1) is 19.5. The van der Waals surface area contributed by atoms with Gasteiger partial charge in [-0.2, -0.15) is 0 Å². The van der Waals surface area contributed by atoms with Gasteiger partial charge in [0.2, 0.25) is 6.79 Å². The Morgan fingerprint density at radius 1 is 1.03 bits per heavy atom. The van der Waals surface area contributed by atoms with Crippen molar-refractivity contribution in [2.45, 2.75) is 20.5 Å². The molecule has 8 heteroatoms. The second-order valence-electron chi connectivity index (χ2n) is 6.93. The Kier molecular flexibility index (Phi) is 5.14. The third kappa shape index (κ3) is 3.98. The van der Waals surface area contributed by atoms with Crippen molar-refractivity contribution in [3.8, 4) is 11.5 Å². The molecule has 1 aliphatic heterocycles. The summed E-state index contributed by atoms with van der Waals surface area (Å²) < 4.78 is 20.9. The van der Waals surface area contributed by atoms with Crippen molar-refractivity contribution in [2.24, 2.45) is 0 Å². The average Bonchev–Trinajstić information content (AvgIpc) is 3.19. The van der Waals surface area contributed by atoms with E-state index in [0.29, 0.717) is 33.6 Å². The van der Waals surface area contributed by atoms with Crippen molar-refractivity contribution in [3.05, 3.63) is 69.1 Å². The molecule has 0 atom stereocenters. The number of hydrogen-bond donors (Lipinski definition) is 1. The Hall–Kier alpha value is -3.81. The van der Waals surface area contributed by atoms with E-state index in [4.69, 9.17) is 18.6 Å². The highest BCUT2D eigenvalue weighted by Crippen LogP contribution is 2.32. The van der Waals surface area contributed by atoms with Crippen molar-refractivity contribution >= 4 is 22.8 Å². The predicted molar refractivity (Wildman–Crippen MR) is 107 cm³/mol. The van der Waals surface area contributed by atoms with Crippen molar-refractivity contribution in [1.82, 2.24) is 5.32 Å². The van der Waals surface area contributed by atoms with Crippen LogP contribution in [0.15, 0.2) is 45.6 Å². The summed E-state index contributed by atoms with van der Waals surface area (Å²) in [7, 11) is 0. The van der Waals surface area contributed by atoms with E-state index in [9.17, 15) is 14.4 Å². The second-order valence-corrected chi connectivity index (χ2v) is 6.93. The zero-order chi connectivity index (χ0) is 21.3. The first-order chi connectivity index (χ1) is 14.4. The van der Waals surface area contributed by atoms with Crippen LogP contribution >= 0.6 is 0 Å². The van der Waals surface area contributed by atoms with Crippen molar-refractivity contribution in [3.63, 3.8) is 0 Å². The lowest BCUT2D eigenvalue weighted by molar-refractivity contribution is -0.143. The summed E-state index contributed by atoms with van der Waals surface area (Å²) in [6.45, 7) is 3.55. The highest BCUT2D eigenvalue weighted by molar-refractivity contribution is 5.96. The van der Waals surface area contributed by atoms with E-state index in [1.807, 2.05) is 19.9 Å². The van der Waals surface area contributed by atoms with Crippen LogP contribution in [0, 0.1) is 13.8 Å². The molecule has 1 aliphatic rings. The van der Waals surface area contributed by atoms with Crippen LogP contribution in [0.25, 0.3) is 11.0 Å². The van der Waals surface area contributed by atoms with E-state index in [1.54, 1.807) is 24.3 Å². The zero-order valence-corrected chi connectivity index (χ0v) is 16.4. The van der Waals surface area contributed by atoms with E-state index in [0.717, 1.165) is 11.1 Å². The van der Waals surface area contributed by atoms with Crippen LogP contribution in [-0.2, 0) is 16.1 Å². The molecule has 0 radical (unpaired) electrons. The maximum atomic E-state index is 12.2. The number of carbonyl (C=O) groups is 2. The average molecular weight is 409 g/mol. The predicted octanol–water partition coefficient (Wildman–Crippen LogP) is 2.61. The van der Waals surface area contributed by atoms with Crippen molar-refractivity contribution < 1.29 is 28.2 Å². The molecule has 1 N–H and O–H groups in total. The minimum atomic E-state index is -0.630. The number of nitrogens with one attached hydrogen (secondary N) is 1. The first-order valence-corrected chi connectivity index (χ1v) is 9.28. The molecule has 0 bridgehead atoms. The van der Waals surface area contributed by atoms with Gasteiger partial charge in [-0.15, -0.1) is 0 Å². The number of carbonyl (C=O) groups excluding carboxylic acids is 2. The second kappa shape index (κ2) is 7.90. The summed E-state index contributed by atoms with van der Waals surface area (Å²) in [5.74, 6) is -0.0297. The Morgan fingerprint density at radius 3 is 2.63 bits per heavy atom. The molecular weight excluding hydrogens is 390 g/mol. The van der Waals surface area contributed by atoms with Crippen molar-refractivity contribution in [2.75, 3.05) is 13.3 Å². The maximum absolute atomic E-state index is 12.2. The standard InChI is InChI=1S/C22H19NO7/c1-12-5-16-15(8-20(24)30-18(16)6-13(12)2)10-27-21(25)9-23-22(26)14-3-4-17-19(7-14)29-11-28-17/h3-8H,9-11H2,1-2H3,(H,23,26). The van der Waals surface area contributed by atoms with Crippen molar-refractivity contribution in [1.29, 1.82) is 0 Å². The lowest BCUT2D eigenvalue weighted by Gasteiger charge is -2.10. The molecule has 3 aromatic rings. The van der Waals surface area contributed by atoms with E-state index < -0.39 is 17.5 Å². The van der Waals surface area contributed by atoms with E-state index in [1.165, 1.54) is 6.07 Å². The van der Waals surface area contributed by atoms with Crippen LogP contribution in [-0.4, -0.2) is 25.2 Å². The van der Waals surface area contributed by atoms with E-state index >= 15 is 0 Å². The Labute approximate surface area is 171 Å². The van der Waals surface area contributed by atoms with Gasteiger partial charge in [-0.3, -0.25) is 9.59 Å². The van der Waals surface area contributed by atoms with Crippen LogP contribution < -0.4 is 20.4 Å². The molecule has 8 nitrogen and oxygen atoms in total. The Morgan fingerprint density at radius 2 is 1.80 bits per heavy atom. The summed E-state index contributed by atoms with van der Waals surface area (Å²) >= 11 is 0. The van der Waals surface area contributed by atoms with Gasteiger partial charge >= 0.3 is 11.6 Å². The largest absolute Gasteiger partial charge is 0.459 e. The molecule has 0 spiro atoms. The number of amides is 1. The minimum absolute atomic E-state index is 0.108. The molecule has 4 rings (SSSR count). The molecule has 2 heterocycles. The molecule has 30 heavy (non-hydrogen) atoms. The normalized spacial score (nSPS) is 12.1.